The monoisotopic (exact) mass is 295 g/mol. The Morgan fingerprint density at radius 3 is 2.53 bits per heavy atom. The fraction of sp³-hybridized carbons (Fsp3) is 0.467. The van der Waals surface area contributed by atoms with Crippen molar-refractivity contribution in [3.8, 4) is 6.07 Å². The molecule has 0 saturated heterocycles. The highest BCUT2D eigenvalue weighted by atomic mass is 35.5. The van der Waals surface area contributed by atoms with Crippen LogP contribution in [0.4, 0.5) is 0 Å². The van der Waals surface area contributed by atoms with Crippen LogP contribution in [0.5, 0.6) is 0 Å². The quantitative estimate of drug-likeness (QED) is 0.807. The first-order valence-electron chi connectivity index (χ1n) is 6.51. The smallest absolute Gasteiger partial charge is 0.157 e. The predicted molar refractivity (Wildman–Crippen MR) is 76.4 cm³/mol. The van der Waals surface area contributed by atoms with Crippen LogP contribution in [0.25, 0.3) is 0 Å². The second-order valence-corrected chi connectivity index (χ2v) is 5.81. The van der Waals surface area contributed by atoms with Gasteiger partial charge >= 0.3 is 0 Å². The number of halogens is 2. The van der Waals surface area contributed by atoms with Crippen molar-refractivity contribution in [1.29, 1.82) is 5.26 Å². The molecule has 1 aromatic carbocycles. The Labute approximate surface area is 123 Å². The summed E-state index contributed by atoms with van der Waals surface area (Å²) in [4.78, 5) is 12.5. The maximum absolute atomic E-state index is 12.5. The van der Waals surface area contributed by atoms with E-state index in [2.05, 4.69) is 6.07 Å². The van der Waals surface area contributed by atoms with Crippen molar-refractivity contribution in [2.45, 2.75) is 38.0 Å². The zero-order chi connectivity index (χ0) is 13.8. The third-order valence-electron chi connectivity index (χ3n) is 3.69. The van der Waals surface area contributed by atoms with E-state index < -0.39 is 5.92 Å². The van der Waals surface area contributed by atoms with Gasteiger partial charge in [0.2, 0.25) is 0 Å². The molecule has 0 spiro atoms. The zero-order valence-electron chi connectivity index (χ0n) is 10.5. The second kappa shape index (κ2) is 6.41. The Morgan fingerprint density at radius 2 is 1.95 bits per heavy atom. The van der Waals surface area contributed by atoms with Gasteiger partial charge < -0.3 is 0 Å². The first-order chi connectivity index (χ1) is 9.13. The molecule has 1 aliphatic carbocycles. The third kappa shape index (κ3) is 3.29. The van der Waals surface area contributed by atoms with E-state index in [1.54, 1.807) is 18.2 Å². The van der Waals surface area contributed by atoms with Crippen LogP contribution in [0.15, 0.2) is 18.2 Å². The minimum atomic E-state index is -0.770. The molecule has 1 unspecified atom stereocenters. The van der Waals surface area contributed by atoms with Gasteiger partial charge in [-0.3, -0.25) is 4.79 Å². The van der Waals surface area contributed by atoms with Crippen LogP contribution in [0.3, 0.4) is 0 Å². The molecule has 0 radical (unpaired) electrons. The number of ketones is 1. The number of carbonyl (C=O) groups excluding carboxylic acids is 1. The number of benzene rings is 1. The van der Waals surface area contributed by atoms with Gasteiger partial charge in [0.05, 0.1) is 6.07 Å². The van der Waals surface area contributed by atoms with Gasteiger partial charge in [-0.25, -0.2) is 0 Å². The van der Waals surface area contributed by atoms with Gasteiger partial charge in [-0.15, -0.1) is 0 Å². The minimum Gasteiger partial charge on any atom is -0.298 e. The van der Waals surface area contributed by atoms with Gasteiger partial charge in [0.15, 0.2) is 5.78 Å². The van der Waals surface area contributed by atoms with Crippen molar-refractivity contribution in [2.75, 3.05) is 0 Å². The molecule has 1 atom stereocenters. The van der Waals surface area contributed by atoms with E-state index >= 15 is 0 Å². The van der Waals surface area contributed by atoms with Crippen LogP contribution in [0.1, 0.15) is 43.6 Å². The molecule has 0 bridgehead atoms. The molecule has 0 amide bonds. The number of rotatable bonds is 3. The summed E-state index contributed by atoms with van der Waals surface area (Å²) in [5.41, 5.74) is 0.573. The number of carbonyl (C=O) groups is 1. The van der Waals surface area contributed by atoms with E-state index in [4.69, 9.17) is 23.2 Å². The van der Waals surface area contributed by atoms with E-state index in [1.807, 2.05) is 0 Å². The van der Waals surface area contributed by atoms with Gasteiger partial charge in [-0.2, -0.15) is 5.26 Å². The average molecular weight is 296 g/mol. The fourth-order valence-electron chi connectivity index (χ4n) is 2.64. The van der Waals surface area contributed by atoms with Crippen molar-refractivity contribution < 1.29 is 4.79 Å². The third-order valence-corrected chi connectivity index (χ3v) is 4.26. The van der Waals surface area contributed by atoms with Crippen molar-refractivity contribution in [2.24, 2.45) is 5.92 Å². The summed E-state index contributed by atoms with van der Waals surface area (Å²) < 4.78 is 0. The first-order valence-corrected chi connectivity index (χ1v) is 7.27. The zero-order valence-corrected chi connectivity index (χ0v) is 12.0. The molecular formula is C15H15Cl2NO. The van der Waals surface area contributed by atoms with Crippen molar-refractivity contribution in [3.05, 3.63) is 33.8 Å². The topological polar surface area (TPSA) is 40.9 Å². The number of nitriles is 1. The number of nitrogens with zero attached hydrogens (tertiary/aromatic N) is 1. The Bertz CT molecular complexity index is 515. The lowest BCUT2D eigenvalue weighted by atomic mass is 9.80. The summed E-state index contributed by atoms with van der Waals surface area (Å²) >= 11 is 11.9. The summed E-state index contributed by atoms with van der Waals surface area (Å²) in [6, 6.07) is 7.03. The molecule has 4 heteroatoms. The molecule has 100 valence electrons. The first kappa shape index (κ1) is 14.4. The normalized spacial score (nSPS) is 17.7. The molecule has 0 N–H and O–H groups in total. The Morgan fingerprint density at radius 1 is 1.26 bits per heavy atom. The number of Topliss-reactive ketones (excluding diaryl/α,β-unsaturated/α-hetero) is 1. The molecule has 19 heavy (non-hydrogen) atoms. The summed E-state index contributed by atoms with van der Waals surface area (Å²) in [7, 11) is 0. The molecule has 1 fully saturated rings. The van der Waals surface area contributed by atoms with Crippen molar-refractivity contribution in [1.82, 2.24) is 0 Å². The summed E-state index contributed by atoms with van der Waals surface area (Å²) in [6.45, 7) is 0. The summed E-state index contributed by atoms with van der Waals surface area (Å²) in [5, 5.41) is 10.2. The van der Waals surface area contributed by atoms with Crippen LogP contribution >= 0.6 is 23.2 Å². The minimum absolute atomic E-state index is 0.00476. The average Bonchev–Trinajstić information content (AvgIpc) is 2.42. The van der Waals surface area contributed by atoms with E-state index in [-0.39, 0.29) is 11.7 Å². The van der Waals surface area contributed by atoms with Crippen molar-refractivity contribution >= 4 is 29.0 Å². The maximum Gasteiger partial charge on any atom is 0.157 e. The van der Waals surface area contributed by atoms with Gasteiger partial charge in [0.25, 0.3) is 0 Å². The molecule has 1 saturated carbocycles. The Balaban J connectivity index is 2.24. The van der Waals surface area contributed by atoms with Crippen LogP contribution in [-0.2, 0) is 4.79 Å². The molecule has 0 aliphatic heterocycles. The molecule has 2 nitrogen and oxygen atoms in total. The largest absolute Gasteiger partial charge is 0.298 e. The summed E-state index contributed by atoms with van der Waals surface area (Å²) in [6.07, 6.45) is 5.11. The molecule has 0 heterocycles. The lowest BCUT2D eigenvalue weighted by molar-refractivity contribution is -0.124. The highest BCUT2D eigenvalue weighted by molar-refractivity contribution is 6.35. The van der Waals surface area contributed by atoms with E-state index in [9.17, 15) is 10.1 Å². The van der Waals surface area contributed by atoms with Crippen LogP contribution in [0, 0.1) is 17.2 Å². The van der Waals surface area contributed by atoms with Crippen LogP contribution in [-0.4, -0.2) is 5.78 Å². The fourth-order valence-corrected chi connectivity index (χ4v) is 3.16. The van der Waals surface area contributed by atoms with Gasteiger partial charge in [0, 0.05) is 16.0 Å². The molecular weight excluding hydrogens is 281 g/mol. The van der Waals surface area contributed by atoms with Gasteiger partial charge in [0.1, 0.15) is 5.92 Å². The Hall–Kier alpha value is -1.04. The number of hydrogen-bond acceptors (Lipinski definition) is 2. The molecule has 0 aromatic heterocycles. The molecule has 1 aromatic rings. The van der Waals surface area contributed by atoms with E-state index in [0.717, 1.165) is 25.7 Å². The SMILES string of the molecule is N#CC(C(=O)C1CCCCC1)c1ccc(Cl)cc1Cl. The second-order valence-electron chi connectivity index (χ2n) is 4.97. The van der Waals surface area contributed by atoms with Gasteiger partial charge in [-0.1, -0.05) is 48.5 Å². The Kier molecular flexibility index (Phi) is 4.85. The van der Waals surface area contributed by atoms with Crippen LogP contribution in [0.2, 0.25) is 10.0 Å². The lowest BCUT2D eigenvalue weighted by Crippen LogP contribution is -2.23. The molecule has 2 rings (SSSR count). The van der Waals surface area contributed by atoms with E-state index in [0.29, 0.717) is 15.6 Å². The van der Waals surface area contributed by atoms with Crippen LogP contribution < -0.4 is 0 Å². The van der Waals surface area contributed by atoms with Gasteiger partial charge in [-0.05, 0) is 30.5 Å². The standard InChI is InChI=1S/C15H15Cl2NO/c16-11-6-7-12(14(17)8-11)13(9-18)15(19)10-4-2-1-3-5-10/h6-8,10,13H,1-5H2. The molecule has 1 aliphatic rings. The lowest BCUT2D eigenvalue weighted by Gasteiger charge is -2.22. The van der Waals surface area contributed by atoms with E-state index in [1.165, 1.54) is 6.42 Å². The van der Waals surface area contributed by atoms with Crippen molar-refractivity contribution in [3.63, 3.8) is 0 Å². The predicted octanol–water partition coefficient (Wildman–Crippen LogP) is 4.75. The summed E-state index contributed by atoms with van der Waals surface area (Å²) in [5.74, 6) is -0.760. The highest BCUT2D eigenvalue weighted by Crippen LogP contribution is 2.33. The highest BCUT2D eigenvalue weighted by Gasteiger charge is 2.30. The maximum atomic E-state index is 12.5. The number of hydrogen-bond donors (Lipinski definition) is 0.